The molecular formula is C22H30N2O2S. The zero-order chi connectivity index (χ0) is 19.0. The lowest BCUT2D eigenvalue weighted by Gasteiger charge is -2.33. The largest absolute Gasteiger partial charge is 0.481 e. The van der Waals surface area contributed by atoms with Crippen LogP contribution in [0.3, 0.4) is 0 Å². The molecule has 0 saturated carbocycles. The van der Waals surface area contributed by atoms with Gasteiger partial charge in [-0.3, -0.25) is 9.78 Å². The third-order valence-electron chi connectivity index (χ3n) is 6.18. The highest BCUT2D eigenvalue weighted by molar-refractivity contribution is 7.20. The molecule has 2 aromatic rings. The number of hydrogen-bond acceptors (Lipinski definition) is 4. The smallest absolute Gasteiger partial charge is 0.311 e. The second-order valence-corrected chi connectivity index (χ2v) is 9.18. The van der Waals surface area contributed by atoms with Crippen molar-refractivity contribution >= 4 is 33.2 Å². The van der Waals surface area contributed by atoms with E-state index in [0.29, 0.717) is 6.42 Å². The number of piperidine rings is 1. The minimum Gasteiger partial charge on any atom is -0.481 e. The number of aromatic nitrogens is 1. The Balaban J connectivity index is 1.97. The van der Waals surface area contributed by atoms with Crippen molar-refractivity contribution in [3.63, 3.8) is 0 Å². The van der Waals surface area contributed by atoms with Crippen LogP contribution < -0.4 is 4.90 Å². The molecule has 2 aromatic heterocycles. The summed E-state index contributed by atoms with van der Waals surface area (Å²) in [6, 6.07) is 0. The van der Waals surface area contributed by atoms with Gasteiger partial charge in [0, 0.05) is 29.2 Å². The fourth-order valence-corrected chi connectivity index (χ4v) is 6.29. The van der Waals surface area contributed by atoms with Gasteiger partial charge in [0.05, 0.1) is 21.8 Å². The lowest BCUT2D eigenvalue weighted by molar-refractivity contribution is -0.139. The van der Waals surface area contributed by atoms with Gasteiger partial charge >= 0.3 is 5.97 Å². The average Bonchev–Trinajstić information content (AvgIpc) is 3.04. The molecule has 146 valence electrons. The molecule has 27 heavy (non-hydrogen) atoms. The maximum Gasteiger partial charge on any atom is 0.311 e. The standard InChI is InChI=1S/C22H30N2O2S/c1-3-9-16(22(25)26)18-14(2)23-19-15-10-5-6-11-17(15)27-21(19)20(18)24-12-7-4-8-13-24/h16H,3-13H2,1-2H3,(H,25,26). The quantitative estimate of drug-likeness (QED) is 0.743. The molecule has 4 rings (SSSR count). The number of carboxylic acid groups (broad SMARTS) is 1. The topological polar surface area (TPSA) is 53.4 Å². The number of fused-ring (bicyclic) bond motifs is 3. The van der Waals surface area contributed by atoms with E-state index in [4.69, 9.17) is 4.98 Å². The van der Waals surface area contributed by atoms with Gasteiger partial charge in [-0.1, -0.05) is 13.3 Å². The molecule has 1 fully saturated rings. The molecule has 0 amide bonds. The molecule has 5 heteroatoms. The number of anilines is 1. The normalized spacial score (nSPS) is 18.5. The molecule has 1 unspecified atom stereocenters. The van der Waals surface area contributed by atoms with Gasteiger partial charge in [0.15, 0.2) is 0 Å². The van der Waals surface area contributed by atoms with Gasteiger partial charge in [-0.25, -0.2) is 0 Å². The van der Waals surface area contributed by atoms with E-state index < -0.39 is 11.9 Å². The van der Waals surface area contributed by atoms with Gasteiger partial charge < -0.3 is 10.0 Å². The van der Waals surface area contributed by atoms with Gasteiger partial charge in [0.2, 0.25) is 0 Å². The van der Waals surface area contributed by atoms with Crippen LogP contribution in [-0.4, -0.2) is 29.1 Å². The van der Waals surface area contributed by atoms with Crippen molar-refractivity contribution in [3.05, 3.63) is 21.7 Å². The summed E-state index contributed by atoms with van der Waals surface area (Å²) in [5.41, 5.74) is 5.72. The van der Waals surface area contributed by atoms with Crippen LogP contribution in [0.25, 0.3) is 10.2 Å². The first-order valence-corrected chi connectivity index (χ1v) is 11.4. The number of hydrogen-bond donors (Lipinski definition) is 1. The molecule has 1 atom stereocenters. The third kappa shape index (κ3) is 3.35. The molecule has 0 aromatic carbocycles. The molecule has 0 spiro atoms. The number of carboxylic acids is 1. The Bertz CT molecular complexity index is 852. The van der Waals surface area contributed by atoms with Gasteiger partial charge in [0.25, 0.3) is 0 Å². The first-order valence-electron chi connectivity index (χ1n) is 10.5. The number of pyridine rings is 1. The van der Waals surface area contributed by atoms with Crippen LogP contribution in [0, 0.1) is 6.92 Å². The van der Waals surface area contributed by atoms with E-state index in [-0.39, 0.29) is 0 Å². The highest BCUT2D eigenvalue weighted by Crippen LogP contribution is 2.46. The van der Waals surface area contributed by atoms with Crippen molar-refractivity contribution in [1.82, 2.24) is 4.98 Å². The van der Waals surface area contributed by atoms with Crippen molar-refractivity contribution in [2.24, 2.45) is 0 Å². The minimum atomic E-state index is -0.708. The summed E-state index contributed by atoms with van der Waals surface area (Å²) in [5.74, 6) is -1.16. The molecule has 0 bridgehead atoms. The Morgan fingerprint density at radius 3 is 2.63 bits per heavy atom. The van der Waals surface area contributed by atoms with Crippen molar-refractivity contribution < 1.29 is 9.90 Å². The van der Waals surface area contributed by atoms with E-state index in [2.05, 4.69) is 11.8 Å². The Morgan fingerprint density at radius 2 is 1.93 bits per heavy atom. The van der Waals surface area contributed by atoms with Crippen LogP contribution >= 0.6 is 11.3 Å². The molecule has 1 N–H and O–H groups in total. The second-order valence-electron chi connectivity index (χ2n) is 8.08. The fraction of sp³-hybridized carbons (Fsp3) is 0.636. The fourth-order valence-electron chi connectivity index (χ4n) is 4.88. The molecule has 3 heterocycles. The van der Waals surface area contributed by atoms with Crippen molar-refractivity contribution in [2.45, 2.75) is 77.6 Å². The summed E-state index contributed by atoms with van der Waals surface area (Å²) in [6.07, 6.45) is 9.99. The number of aryl methyl sites for hydroxylation is 3. The summed E-state index contributed by atoms with van der Waals surface area (Å²) < 4.78 is 1.26. The lowest BCUT2D eigenvalue weighted by atomic mass is 9.90. The van der Waals surface area contributed by atoms with Crippen LogP contribution in [0.15, 0.2) is 0 Å². The maximum atomic E-state index is 12.2. The SMILES string of the molecule is CCCC(C(=O)O)c1c(C)nc2c3c(sc2c1N1CCCCC1)CCCC3. The van der Waals surface area contributed by atoms with Crippen molar-refractivity contribution in [2.75, 3.05) is 18.0 Å². The average molecular weight is 387 g/mol. The van der Waals surface area contributed by atoms with E-state index in [1.54, 1.807) is 0 Å². The number of nitrogens with zero attached hydrogens (tertiary/aromatic N) is 2. The molecule has 4 nitrogen and oxygen atoms in total. The Morgan fingerprint density at radius 1 is 1.19 bits per heavy atom. The lowest BCUT2D eigenvalue weighted by Crippen LogP contribution is -2.31. The van der Waals surface area contributed by atoms with Crippen molar-refractivity contribution in [3.8, 4) is 0 Å². The van der Waals surface area contributed by atoms with E-state index in [0.717, 1.165) is 49.1 Å². The maximum absolute atomic E-state index is 12.2. The molecule has 1 saturated heterocycles. The zero-order valence-electron chi connectivity index (χ0n) is 16.5. The van der Waals surface area contributed by atoms with E-state index in [1.807, 2.05) is 18.3 Å². The zero-order valence-corrected chi connectivity index (χ0v) is 17.3. The number of thiophene rings is 1. The molecular weight excluding hydrogens is 356 g/mol. The van der Waals surface area contributed by atoms with Crippen LogP contribution in [0.5, 0.6) is 0 Å². The molecule has 0 radical (unpaired) electrons. The highest BCUT2D eigenvalue weighted by atomic mass is 32.1. The first-order chi connectivity index (χ1) is 13.1. The van der Waals surface area contributed by atoms with Gasteiger partial charge in [-0.15, -0.1) is 11.3 Å². The Hall–Kier alpha value is -1.62. The molecule has 1 aliphatic heterocycles. The van der Waals surface area contributed by atoms with Crippen LogP contribution in [0.1, 0.15) is 79.5 Å². The van der Waals surface area contributed by atoms with Crippen molar-refractivity contribution in [1.29, 1.82) is 0 Å². The highest BCUT2D eigenvalue weighted by Gasteiger charge is 2.31. The first kappa shape index (κ1) is 18.7. The van der Waals surface area contributed by atoms with Crippen LogP contribution in [0.4, 0.5) is 5.69 Å². The molecule has 2 aliphatic rings. The van der Waals surface area contributed by atoms with Crippen LogP contribution in [-0.2, 0) is 17.6 Å². The summed E-state index contributed by atoms with van der Waals surface area (Å²) in [4.78, 5) is 21.1. The Kier molecular flexibility index (Phi) is 5.40. The minimum absolute atomic E-state index is 0.456. The van der Waals surface area contributed by atoms with Crippen LogP contribution in [0.2, 0.25) is 0 Å². The van der Waals surface area contributed by atoms with E-state index in [9.17, 15) is 9.90 Å². The van der Waals surface area contributed by atoms with Gasteiger partial charge in [-0.2, -0.15) is 0 Å². The summed E-state index contributed by atoms with van der Waals surface area (Å²) in [7, 11) is 0. The van der Waals surface area contributed by atoms with Gasteiger partial charge in [-0.05, 0) is 63.9 Å². The van der Waals surface area contributed by atoms with Gasteiger partial charge in [0.1, 0.15) is 0 Å². The number of rotatable bonds is 5. The third-order valence-corrected chi connectivity index (χ3v) is 7.47. The summed E-state index contributed by atoms with van der Waals surface area (Å²) >= 11 is 1.89. The number of carbonyl (C=O) groups is 1. The second kappa shape index (κ2) is 7.78. The summed E-state index contributed by atoms with van der Waals surface area (Å²) in [5, 5.41) is 10.00. The van der Waals surface area contributed by atoms with E-state index in [1.165, 1.54) is 52.9 Å². The predicted octanol–water partition coefficient (Wildman–Crippen LogP) is 5.44. The Labute approximate surface area is 165 Å². The molecule has 1 aliphatic carbocycles. The monoisotopic (exact) mass is 386 g/mol. The predicted molar refractivity (Wildman–Crippen MR) is 112 cm³/mol. The number of aliphatic carboxylic acids is 1. The van der Waals surface area contributed by atoms with E-state index >= 15 is 0 Å². The summed E-state index contributed by atoms with van der Waals surface area (Å²) in [6.45, 7) is 6.17.